The van der Waals surface area contributed by atoms with Crippen molar-refractivity contribution in [3.05, 3.63) is 60.2 Å². The summed E-state index contributed by atoms with van der Waals surface area (Å²) < 4.78 is 0. The van der Waals surface area contributed by atoms with Crippen molar-refractivity contribution in [2.24, 2.45) is 17.8 Å². The van der Waals surface area contributed by atoms with Gasteiger partial charge in [-0.1, -0.05) is 72.4 Å². The molecule has 5 aliphatic rings. The van der Waals surface area contributed by atoms with Crippen LogP contribution in [0.2, 0.25) is 0 Å². The summed E-state index contributed by atoms with van der Waals surface area (Å²) in [6.45, 7) is 7.71. The Morgan fingerprint density at radius 2 is 1.65 bits per heavy atom. The lowest BCUT2D eigenvalue weighted by Gasteiger charge is -2.60. The number of hydrogen-bond acceptors (Lipinski definition) is 3. The minimum absolute atomic E-state index is 0.214. The monoisotopic (exact) mass is 453 g/mol. The molecule has 4 heterocycles. The summed E-state index contributed by atoms with van der Waals surface area (Å²) in [6.07, 6.45) is 8.27. The van der Waals surface area contributed by atoms with Crippen LogP contribution in [-0.4, -0.2) is 55.8 Å². The van der Waals surface area contributed by atoms with Crippen LogP contribution in [0.3, 0.4) is 0 Å². The highest BCUT2D eigenvalue weighted by atomic mass is 15.2. The predicted octanol–water partition coefficient (Wildman–Crippen LogP) is 2.94. The zero-order valence-electron chi connectivity index (χ0n) is 20.8. The molecule has 4 aliphatic heterocycles. The van der Waals surface area contributed by atoms with Crippen molar-refractivity contribution in [1.29, 1.82) is 0 Å². The Hall–Kier alpha value is -1.62. The number of fused-ring (bicyclic) bond motifs is 9. The number of likely N-dealkylation sites (N-methyl/N-ethyl adjacent to an activating group) is 1. The summed E-state index contributed by atoms with van der Waals surface area (Å²) >= 11 is 0. The van der Waals surface area contributed by atoms with Crippen LogP contribution in [0.4, 0.5) is 0 Å². The van der Waals surface area contributed by atoms with Crippen molar-refractivity contribution >= 4 is 17.6 Å². The summed E-state index contributed by atoms with van der Waals surface area (Å²) in [6, 6.07) is 22.4. The zero-order valence-corrected chi connectivity index (χ0v) is 20.8. The van der Waals surface area contributed by atoms with Crippen LogP contribution in [0, 0.1) is 17.8 Å². The van der Waals surface area contributed by atoms with Crippen LogP contribution in [-0.2, 0) is 5.41 Å². The lowest BCUT2D eigenvalue weighted by Crippen LogP contribution is -2.76. The van der Waals surface area contributed by atoms with Crippen molar-refractivity contribution < 1.29 is 0 Å². The molecule has 1 spiro atoms. The molecule has 4 fully saturated rings. The summed E-state index contributed by atoms with van der Waals surface area (Å²) in [5.74, 6) is 2.88. The number of nitrogens with one attached hydrogen (secondary N) is 2. The first-order chi connectivity index (χ1) is 16.9. The molecular formula is C30H40BN3. The van der Waals surface area contributed by atoms with Gasteiger partial charge >= 0.3 is 0 Å². The molecule has 34 heavy (non-hydrogen) atoms. The van der Waals surface area contributed by atoms with Gasteiger partial charge < -0.3 is 10.6 Å². The Kier molecular flexibility index (Phi) is 5.41. The van der Waals surface area contributed by atoms with E-state index in [1.807, 2.05) is 0 Å². The summed E-state index contributed by atoms with van der Waals surface area (Å²) in [4.78, 5) is 2.93. The third-order valence-electron chi connectivity index (χ3n) is 10.6. The van der Waals surface area contributed by atoms with E-state index < -0.39 is 0 Å². The topological polar surface area (TPSA) is 27.3 Å². The predicted molar refractivity (Wildman–Crippen MR) is 142 cm³/mol. The van der Waals surface area contributed by atoms with Crippen molar-refractivity contribution in [1.82, 2.24) is 15.5 Å². The van der Waals surface area contributed by atoms with Crippen LogP contribution in [0.25, 0.3) is 0 Å². The Balaban J connectivity index is 1.50. The van der Waals surface area contributed by atoms with E-state index in [2.05, 4.69) is 77.1 Å². The first-order valence-electron chi connectivity index (χ1n) is 14.2. The van der Waals surface area contributed by atoms with E-state index in [0.29, 0.717) is 30.7 Å². The van der Waals surface area contributed by atoms with Gasteiger partial charge in [-0.05, 0) is 94.0 Å². The lowest BCUT2D eigenvalue weighted by molar-refractivity contribution is 0.0257. The molecule has 7 rings (SSSR count). The van der Waals surface area contributed by atoms with Crippen molar-refractivity contribution in [3.63, 3.8) is 0 Å². The fraction of sp³-hybridized carbons (Fsp3) is 0.600. The second-order valence-corrected chi connectivity index (χ2v) is 11.8. The van der Waals surface area contributed by atoms with Gasteiger partial charge in [0.05, 0.1) is 0 Å². The molecule has 2 N–H and O–H groups in total. The highest BCUT2D eigenvalue weighted by Gasteiger charge is 2.69. The van der Waals surface area contributed by atoms with Gasteiger partial charge in [0.2, 0.25) is 6.71 Å². The Morgan fingerprint density at radius 3 is 2.53 bits per heavy atom. The zero-order chi connectivity index (χ0) is 22.7. The number of benzene rings is 2. The molecule has 0 aromatic heterocycles. The van der Waals surface area contributed by atoms with E-state index in [0.717, 1.165) is 18.4 Å². The first-order valence-corrected chi connectivity index (χ1v) is 14.2. The van der Waals surface area contributed by atoms with Gasteiger partial charge in [-0.3, -0.25) is 4.90 Å². The number of nitrogens with zero attached hydrogens (tertiary/aromatic N) is 1. The Morgan fingerprint density at radius 1 is 0.882 bits per heavy atom. The van der Waals surface area contributed by atoms with Crippen LogP contribution in [0.1, 0.15) is 51.0 Å². The third-order valence-corrected chi connectivity index (χ3v) is 10.6. The molecule has 2 aromatic rings. The van der Waals surface area contributed by atoms with Crippen LogP contribution < -0.4 is 21.6 Å². The molecule has 3 saturated heterocycles. The minimum atomic E-state index is 0.214. The quantitative estimate of drug-likeness (QED) is 0.685. The summed E-state index contributed by atoms with van der Waals surface area (Å²) in [5, 5.41) is 8.36. The molecular weight excluding hydrogens is 413 g/mol. The van der Waals surface area contributed by atoms with Crippen LogP contribution in [0.5, 0.6) is 0 Å². The maximum atomic E-state index is 4.22. The van der Waals surface area contributed by atoms with Gasteiger partial charge in [-0.25, -0.2) is 0 Å². The molecule has 2 aromatic carbocycles. The highest BCUT2D eigenvalue weighted by molar-refractivity contribution is 6.87. The van der Waals surface area contributed by atoms with Crippen LogP contribution >= 0.6 is 0 Å². The van der Waals surface area contributed by atoms with Gasteiger partial charge in [0.25, 0.3) is 0 Å². The number of piperidine rings is 3. The molecule has 7 atom stereocenters. The van der Waals surface area contributed by atoms with Gasteiger partial charge in [-0.2, -0.15) is 0 Å². The molecule has 4 heteroatoms. The number of likely N-dealkylation sites (tertiary alicyclic amines) is 1. The summed E-state index contributed by atoms with van der Waals surface area (Å²) in [7, 11) is 0. The van der Waals surface area contributed by atoms with E-state index in [9.17, 15) is 0 Å². The molecule has 178 valence electrons. The molecule has 0 bridgehead atoms. The first kappa shape index (κ1) is 21.7. The van der Waals surface area contributed by atoms with E-state index in [1.165, 1.54) is 63.6 Å². The second-order valence-electron chi connectivity index (χ2n) is 11.8. The Labute approximate surface area is 206 Å². The smallest absolute Gasteiger partial charge is 0.227 e. The maximum absolute atomic E-state index is 4.22. The van der Waals surface area contributed by atoms with Crippen molar-refractivity contribution in [3.8, 4) is 0 Å². The van der Waals surface area contributed by atoms with Gasteiger partial charge in [0.1, 0.15) is 0 Å². The lowest BCUT2D eigenvalue weighted by atomic mass is 9.27. The molecule has 1 aliphatic carbocycles. The minimum Gasteiger partial charge on any atom is -0.320 e. The highest BCUT2D eigenvalue weighted by Crippen LogP contribution is 2.61. The van der Waals surface area contributed by atoms with E-state index in [4.69, 9.17) is 0 Å². The second kappa shape index (κ2) is 8.50. The SMILES string of the molecule is CCN1CCCC2C3CCCNC3C3(c4ccccc4B(c4ccccc4)C4NCCCC43)C21. The van der Waals surface area contributed by atoms with E-state index in [1.54, 1.807) is 11.0 Å². The van der Waals surface area contributed by atoms with Gasteiger partial charge in [0, 0.05) is 17.5 Å². The van der Waals surface area contributed by atoms with Gasteiger partial charge in [-0.15, -0.1) is 0 Å². The van der Waals surface area contributed by atoms with Crippen LogP contribution in [0.15, 0.2) is 54.6 Å². The van der Waals surface area contributed by atoms with E-state index >= 15 is 0 Å². The number of rotatable bonds is 2. The molecule has 0 amide bonds. The Bertz CT molecular complexity index is 1030. The van der Waals surface area contributed by atoms with E-state index in [-0.39, 0.29) is 5.41 Å². The largest absolute Gasteiger partial charge is 0.320 e. The van der Waals surface area contributed by atoms with Gasteiger partial charge in [0.15, 0.2) is 0 Å². The molecule has 7 unspecified atom stereocenters. The standard InChI is InChI=1S/C30H40BN3/c1-2-34-20-10-14-23-22-13-8-18-32-27(22)30(28(23)34)24-15-6-7-17-26(24)31(21-11-4-3-5-12-21)29-25(30)16-9-19-33-29/h3-7,11-12,15,17,22-23,25,27-29,32-33H,2,8-10,13-14,16,18-20H2,1H3. The normalized spacial score (nSPS) is 39.3. The molecule has 0 radical (unpaired) electrons. The van der Waals surface area contributed by atoms with Crippen molar-refractivity contribution in [2.75, 3.05) is 26.2 Å². The van der Waals surface area contributed by atoms with Crippen molar-refractivity contribution in [2.45, 2.75) is 68.9 Å². The maximum Gasteiger partial charge on any atom is 0.227 e. The fourth-order valence-corrected chi connectivity index (χ4v) is 9.82. The average molecular weight is 453 g/mol. The third kappa shape index (κ3) is 2.88. The molecule has 3 nitrogen and oxygen atoms in total. The summed E-state index contributed by atoms with van der Waals surface area (Å²) in [5.41, 5.74) is 5.02. The number of hydrogen-bond donors (Lipinski definition) is 2. The fourth-order valence-electron chi connectivity index (χ4n) is 9.82. The molecule has 1 saturated carbocycles. The average Bonchev–Trinajstić information content (AvgIpc) is 3.21.